The van der Waals surface area contributed by atoms with E-state index in [0.29, 0.717) is 41.5 Å². The number of aromatic nitrogens is 1. The number of unbranched alkanes of at least 4 members (excludes halogenated alkanes) is 1. The molecule has 1 N–H and O–H groups in total. The molecule has 0 aliphatic rings. The van der Waals surface area contributed by atoms with Gasteiger partial charge in [-0.3, -0.25) is 4.79 Å². The van der Waals surface area contributed by atoms with E-state index in [1.54, 1.807) is 14.2 Å². The lowest BCUT2D eigenvalue weighted by atomic mass is 10.1. The van der Waals surface area contributed by atoms with Gasteiger partial charge in [-0.1, -0.05) is 38.1 Å². The summed E-state index contributed by atoms with van der Waals surface area (Å²) in [5.41, 5.74) is 2.53. The van der Waals surface area contributed by atoms with Crippen molar-refractivity contribution in [2.24, 2.45) is 0 Å². The van der Waals surface area contributed by atoms with Crippen LogP contribution < -0.4 is 14.8 Å². The molecule has 31 heavy (non-hydrogen) atoms. The van der Waals surface area contributed by atoms with Crippen molar-refractivity contribution in [2.45, 2.75) is 56.2 Å². The molecule has 0 bridgehead atoms. The van der Waals surface area contributed by atoms with Crippen molar-refractivity contribution < 1.29 is 14.3 Å². The fraction of sp³-hybridized carbons (Fsp3) is 0.458. The van der Waals surface area contributed by atoms with Gasteiger partial charge < -0.3 is 14.8 Å². The number of amides is 1. The molecule has 2 rings (SSSR count). The molecule has 0 saturated heterocycles. The molecule has 6 nitrogen and oxygen atoms in total. The number of aryl methyl sites for hydroxylation is 1. The molecule has 1 unspecified atom stereocenters. The number of nitrogens with zero attached hydrogens (tertiary/aromatic N) is 2. The Morgan fingerprint density at radius 3 is 2.58 bits per heavy atom. The first-order valence-electron chi connectivity index (χ1n) is 10.6. The first-order chi connectivity index (χ1) is 15.1. The zero-order valence-corrected chi connectivity index (χ0v) is 19.6. The summed E-state index contributed by atoms with van der Waals surface area (Å²) in [6.45, 7) is 4.62. The second kappa shape index (κ2) is 12.9. The second-order valence-electron chi connectivity index (χ2n) is 7.12. The number of carbonyl (C=O) groups excluding carboxylic acids is 1. The van der Waals surface area contributed by atoms with Crippen LogP contribution in [0.1, 0.15) is 49.9 Å². The highest BCUT2D eigenvalue weighted by molar-refractivity contribution is 8.00. The normalized spacial score (nSPS) is 11.5. The molecular weight excluding hydrogens is 410 g/mol. The SMILES string of the molecule is CCCCc1ccc(C#N)c(SC(CC)C(=O)NCCc2ccc(OC)c(OC)c2)n1. The summed E-state index contributed by atoms with van der Waals surface area (Å²) < 4.78 is 10.6. The van der Waals surface area contributed by atoms with Crippen LogP contribution in [0.5, 0.6) is 11.5 Å². The van der Waals surface area contributed by atoms with Gasteiger partial charge in [-0.25, -0.2) is 4.98 Å². The van der Waals surface area contributed by atoms with Gasteiger partial charge in [0.05, 0.1) is 25.0 Å². The van der Waals surface area contributed by atoms with Crippen molar-refractivity contribution in [2.75, 3.05) is 20.8 Å². The molecule has 1 amide bonds. The predicted octanol–water partition coefficient (Wildman–Crippen LogP) is 4.54. The number of nitriles is 1. The minimum absolute atomic E-state index is 0.0439. The lowest BCUT2D eigenvalue weighted by Crippen LogP contribution is -2.33. The summed E-state index contributed by atoms with van der Waals surface area (Å²) in [5.74, 6) is 1.31. The average Bonchev–Trinajstić information content (AvgIpc) is 2.80. The van der Waals surface area contributed by atoms with Gasteiger partial charge in [0, 0.05) is 12.2 Å². The molecule has 0 aliphatic heterocycles. The van der Waals surface area contributed by atoms with E-state index in [1.165, 1.54) is 11.8 Å². The van der Waals surface area contributed by atoms with E-state index >= 15 is 0 Å². The molecule has 0 radical (unpaired) electrons. The van der Waals surface area contributed by atoms with Gasteiger partial charge in [-0.2, -0.15) is 5.26 Å². The number of pyridine rings is 1. The Morgan fingerprint density at radius 2 is 1.94 bits per heavy atom. The molecule has 1 atom stereocenters. The van der Waals surface area contributed by atoms with Crippen molar-refractivity contribution in [3.05, 3.63) is 47.2 Å². The molecule has 1 aromatic carbocycles. The number of ether oxygens (including phenoxy) is 2. The smallest absolute Gasteiger partial charge is 0.233 e. The van der Waals surface area contributed by atoms with E-state index in [0.717, 1.165) is 30.5 Å². The topological polar surface area (TPSA) is 84.2 Å². The van der Waals surface area contributed by atoms with Gasteiger partial charge in [0.1, 0.15) is 11.1 Å². The van der Waals surface area contributed by atoms with Gasteiger partial charge in [0.25, 0.3) is 0 Å². The van der Waals surface area contributed by atoms with E-state index in [-0.39, 0.29) is 11.2 Å². The highest BCUT2D eigenvalue weighted by Crippen LogP contribution is 2.29. The molecule has 0 saturated carbocycles. The van der Waals surface area contributed by atoms with Gasteiger partial charge in [-0.05, 0) is 55.5 Å². The van der Waals surface area contributed by atoms with Crippen LogP contribution in [0.25, 0.3) is 0 Å². The number of rotatable bonds is 12. The van der Waals surface area contributed by atoms with Crippen LogP contribution in [0.2, 0.25) is 0 Å². The van der Waals surface area contributed by atoms with E-state index < -0.39 is 0 Å². The van der Waals surface area contributed by atoms with Crippen LogP contribution in [-0.4, -0.2) is 36.9 Å². The van der Waals surface area contributed by atoms with E-state index in [1.807, 2.05) is 37.3 Å². The fourth-order valence-corrected chi connectivity index (χ4v) is 4.12. The number of methoxy groups -OCH3 is 2. The van der Waals surface area contributed by atoms with Crippen LogP contribution in [0.4, 0.5) is 0 Å². The Hall–Kier alpha value is -2.72. The third-order valence-corrected chi connectivity index (χ3v) is 6.27. The van der Waals surface area contributed by atoms with E-state index in [9.17, 15) is 10.1 Å². The molecule has 166 valence electrons. The maximum absolute atomic E-state index is 12.8. The van der Waals surface area contributed by atoms with Crippen molar-refractivity contribution in [3.63, 3.8) is 0 Å². The monoisotopic (exact) mass is 441 g/mol. The fourth-order valence-electron chi connectivity index (χ4n) is 3.09. The van der Waals surface area contributed by atoms with E-state index in [4.69, 9.17) is 9.47 Å². The Labute approximate surface area is 189 Å². The van der Waals surface area contributed by atoms with Gasteiger partial charge in [0.2, 0.25) is 5.91 Å². The van der Waals surface area contributed by atoms with Crippen molar-refractivity contribution in [1.82, 2.24) is 10.3 Å². The maximum Gasteiger partial charge on any atom is 0.233 e. The number of carbonyl (C=O) groups is 1. The summed E-state index contributed by atoms with van der Waals surface area (Å²) in [6, 6.07) is 11.7. The standard InChI is InChI=1S/C24H31N3O3S/c1-5-7-8-19-11-10-18(16-25)24(27-19)31-22(6-2)23(28)26-14-13-17-9-12-20(29-3)21(15-17)30-4/h9-12,15,22H,5-8,13-14H2,1-4H3,(H,26,28). The Kier molecular flexibility index (Phi) is 10.2. The Bertz CT molecular complexity index is 911. The molecule has 0 spiro atoms. The summed E-state index contributed by atoms with van der Waals surface area (Å²) in [6.07, 6.45) is 4.35. The lowest BCUT2D eigenvalue weighted by molar-refractivity contribution is -0.120. The van der Waals surface area contributed by atoms with Crippen LogP contribution >= 0.6 is 11.8 Å². The van der Waals surface area contributed by atoms with Gasteiger partial charge >= 0.3 is 0 Å². The van der Waals surface area contributed by atoms with Crippen molar-refractivity contribution in [3.8, 4) is 17.6 Å². The second-order valence-corrected chi connectivity index (χ2v) is 8.31. The lowest BCUT2D eigenvalue weighted by Gasteiger charge is -2.16. The van der Waals surface area contributed by atoms with E-state index in [2.05, 4.69) is 23.3 Å². The third-order valence-electron chi connectivity index (χ3n) is 4.90. The summed E-state index contributed by atoms with van der Waals surface area (Å²) in [7, 11) is 3.21. The minimum Gasteiger partial charge on any atom is -0.493 e. The Morgan fingerprint density at radius 1 is 1.16 bits per heavy atom. The summed E-state index contributed by atoms with van der Waals surface area (Å²) >= 11 is 1.37. The molecule has 7 heteroatoms. The largest absolute Gasteiger partial charge is 0.493 e. The van der Waals surface area contributed by atoms with Crippen molar-refractivity contribution >= 4 is 17.7 Å². The quantitative estimate of drug-likeness (QED) is 0.487. The number of hydrogen-bond donors (Lipinski definition) is 1. The third kappa shape index (κ3) is 7.18. The number of benzene rings is 1. The first-order valence-corrected chi connectivity index (χ1v) is 11.5. The molecule has 1 aromatic heterocycles. The van der Waals surface area contributed by atoms with Gasteiger partial charge in [0.15, 0.2) is 11.5 Å². The van der Waals surface area contributed by atoms with Crippen LogP contribution in [-0.2, 0) is 17.6 Å². The van der Waals surface area contributed by atoms with Crippen LogP contribution in [0.3, 0.4) is 0 Å². The maximum atomic E-state index is 12.8. The number of thioether (sulfide) groups is 1. The van der Waals surface area contributed by atoms with Crippen molar-refractivity contribution in [1.29, 1.82) is 5.26 Å². The van der Waals surface area contributed by atoms with Gasteiger partial charge in [-0.15, -0.1) is 0 Å². The zero-order valence-electron chi connectivity index (χ0n) is 18.7. The first kappa shape index (κ1) is 24.5. The zero-order chi connectivity index (χ0) is 22.6. The van der Waals surface area contributed by atoms with Crippen LogP contribution in [0, 0.1) is 11.3 Å². The van der Waals surface area contributed by atoms with Crippen LogP contribution in [0.15, 0.2) is 35.4 Å². The molecule has 2 aromatic rings. The summed E-state index contributed by atoms with van der Waals surface area (Å²) in [4.78, 5) is 17.4. The number of hydrogen-bond acceptors (Lipinski definition) is 6. The molecular formula is C24H31N3O3S. The predicted molar refractivity (Wildman–Crippen MR) is 124 cm³/mol. The Balaban J connectivity index is 1.99. The number of nitrogens with one attached hydrogen (secondary N) is 1. The highest BCUT2D eigenvalue weighted by atomic mass is 32.2. The molecule has 0 aliphatic carbocycles. The molecule has 0 fully saturated rings. The molecule has 1 heterocycles. The highest BCUT2D eigenvalue weighted by Gasteiger charge is 2.20. The minimum atomic E-state index is -0.300. The summed E-state index contributed by atoms with van der Waals surface area (Å²) in [5, 5.41) is 12.8. The average molecular weight is 442 g/mol.